The molecule has 0 saturated heterocycles. The Morgan fingerprint density at radius 1 is 1.00 bits per heavy atom. The first-order valence-corrected chi connectivity index (χ1v) is 15.4. The van der Waals surface area contributed by atoms with Crippen LogP contribution in [0.1, 0.15) is 30.9 Å². The van der Waals surface area contributed by atoms with Crippen molar-refractivity contribution in [2.45, 2.75) is 38.8 Å². The molecule has 0 heterocycles. The predicted octanol–water partition coefficient (Wildman–Crippen LogP) is 5.45. The lowest BCUT2D eigenvalue weighted by atomic mass is 10.0. The maximum atomic E-state index is 14.7. The third-order valence-corrected chi connectivity index (χ3v) is 7.97. The van der Waals surface area contributed by atoms with Crippen molar-refractivity contribution in [3.63, 3.8) is 0 Å². The molecule has 3 aromatic carbocycles. The molecule has 0 saturated carbocycles. The Morgan fingerprint density at radius 2 is 1.68 bits per heavy atom. The summed E-state index contributed by atoms with van der Waals surface area (Å²) in [5, 5.41) is 3.57. The Labute approximate surface area is 244 Å². The average Bonchev–Trinajstić information content (AvgIpc) is 2.91. The molecule has 0 aliphatic heterocycles. The fourth-order valence-corrected chi connectivity index (χ4v) is 5.46. The highest BCUT2D eigenvalue weighted by molar-refractivity contribution is 7.92. The molecule has 0 radical (unpaired) electrons. The molecule has 214 valence electrons. The number of rotatable bonds is 13. The van der Waals surface area contributed by atoms with E-state index >= 15 is 0 Å². The minimum absolute atomic E-state index is 0.109. The fourth-order valence-electron chi connectivity index (χ4n) is 4.14. The Morgan fingerprint density at radius 3 is 2.30 bits per heavy atom. The van der Waals surface area contributed by atoms with Gasteiger partial charge in [0.1, 0.15) is 18.4 Å². The molecule has 11 heteroatoms. The lowest BCUT2D eigenvalue weighted by molar-refractivity contribution is -0.140. The molecule has 0 aromatic heterocycles. The molecule has 7 nitrogen and oxygen atoms in total. The van der Waals surface area contributed by atoms with Gasteiger partial charge in [0.25, 0.3) is 0 Å². The van der Waals surface area contributed by atoms with Crippen LogP contribution in [-0.2, 0) is 32.6 Å². The van der Waals surface area contributed by atoms with Gasteiger partial charge in [0, 0.05) is 29.6 Å². The van der Waals surface area contributed by atoms with Gasteiger partial charge in [0.15, 0.2) is 0 Å². The van der Waals surface area contributed by atoms with Gasteiger partial charge in [-0.3, -0.25) is 13.9 Å². The molecule has 0 spiro atoms. The number of carbonyl (C=O) groups is 2. The van der Waals surface area contributed by atoms with Crippen molar-refractivity contribution >= 4 is 50.7 Å². The van der Waals surface area contributed by atoms with E-state index in [4.69, 9.17) is 23.2 Å². The highest BCUT2D eigenvalue weighted by atomic mass is 35.5. The van der Waals surface area contributed by atoms with E-state index in [1.54, 1.807) is 12.1 Å². The van der Waals surface area contributed by atoms with Gasteiger partial charge in [-0.25, -0.2) is 12.8 Å². The van der Waals surface area contributed by atoms with Crippen LogP contribution >= 0.6 is 23.2 Å². The standard InChI is InChI=1S/C29H32Cl2FN3O4S/c1-3-4-16-33-29(37)27(17-21-10-6-5-7-11-21)34(19-22-14-15-23(30)18-24(22)31)28(36)20-35(40(2,38)39)26-13-9-8-12-25(26)32/h5-15,18,27H,3-4,16-17,19-20H2,1-2H3,(H,33,37)/t27-/m1/s1. The van der Waals surface area contributed by atoms with Gasteiger partial charge in [-0.05, 0) is 41.8 Å². The first kappa shape index (κ1) is 31.4. The van der Waals surface area contributed by atoms with Crippen molar-refractivity contribution in [2.75, 3.05) is 23.7 Å². The van der Waals surface area contributed by atoms with Crippen LogP contribution < -0.4 is 9.62 Å². The Bertz CT molecular complexity index is 1420. The molecular formula is C29H32Cl2FN3O4S. The number of sulfonamides is 1. The number of benzene rings is 3. The maximum absolute atomic E-state index is 14.7. The number of halogens is 3. The number of nitrogens with one attached hydrogen (secondary N) is 1. The maximum Gasteiger partial charge on any atom is 0.244 e. The summed E-state index contributed by atoms with van der Waals surface area (Å²) < 4.78 is 40.9. The quantitative estimate of drug-likeness (QED) is 0.262. The molecular weight excluding hydrogens is 576 g/mol. The Kier molecular flexibility index (Phi) is 11.4. The van der Waals surface area contributed by atoms with E-state index < -0.39 is 40.2 Å². The molecule has 3 aromatic rings. The summed E-state index contributed by atoms with van der Waals surface area (Å²) in [5.74, 6) is -1.90. The van der Waals surface area contributed by atoms with E-state index in [0.29, 0.717) is 21.4 Å². The summed E-state index contributed by atoms with van der Waals surface area (Å²) >= 11 is 12.5. The van der Waals surface area contributed by atoms with Gasteiger partial charge in [0.2, 0.25) is 21.8 Å². The smallest absolute Gasteiger partial charge is 0.244 e. The van der Waals surface area contributed by atoms with Crippen LogP contribution in [0.25, 0.3) is 0 Å². The van der Waals surface area contributed by atoms with Crippen LogP contribution in [0, 0.1) is 5.82 Å². The van der Waals surface area contributed by atoms with Crippen molar-refractivity contribution in [3.05, 3.63) is 99.8 Å². The molecule has 0 unspecified atom stereocenters. The van der Waals surface area contributed by atoms with E-state index in [1.165, 1.54) is 29.2 Å². The molecule has 1 N–H and O–H groups in total. The number of para-hydroxylation sites is 1. The second kappa shape index (κ2) is 14.5. The number of nitrogens with zero attached hydrogens (tertiary/aromatic N) is 2. The van der Waals surface area contributed by atoms with E-state index in [9.17, 15) is 22.4 Å². The molecule has 1 atom stereocenters. The summed E-state index contributed by atoms with van der Waals surface area (Å²) in [7, 11) is -4.08. The molecule has 0 bridgehead atoms. The van der Waals surface area contributed by atoms with Crippen LogP contribution in [-0.4, -0.2) is 50.5 Å². The zero-order valence-electron chi connectivity index (χ0n) is 22.3. The SMILES string of the molecule is CCCCNC(=O)[C@@H](Cc1ccccc1)N(Cc1ccc(Cl)cc1Cl)C(=O)CN(c1ccccc1F)S(C)(=O)=O. The van der Waals surface area contributed by atoms with Crippen LogP contribution in [0.15, 0.2) is 72.8 Å². The van der Waals surface area contributed by atoms with Crippen molar-refractivity contribution in [3.8, 4) is 0 Å². The third kappa shape index (κ3) is 8.68. The number of carbonyl (C=O) groups excluding carboxylic acids is 2. The zero-order valence-corrected chi connectivity index (χ0v) is 24.6. The van der Waals surface area contributed by atoms with Crippen molar-refractivity contribution in [1.29, 1.82) is 0 Å². The van der Waals surface area contributed by atoms with Gasteiger partial charge in [-0.1, -0.05) is 85.1 Å². The summed E-state index contributed by atoms with van der Waals surface area (Å²) in [6.07, 6.45) is 2.66. The number of hydrogen-bond donors (Lipinski definition) is 1. The zero-order chi connectivity index (χ0) is 29.3. The number of anilines is 1. The van der Waals surface area contributed by atoms with Crippen molar-refractivity contribution < 1.29 is 22.4 Å². The van der Waals surface area contributed by atoms with E-state index in [-0.39, 0.29) is 23.7 Å². The van der Waals surface area contributed by atoms with Crippen LogP contribution in [0.3, 0.4) is 0 Å². The summed E-state index contributed by atoms with van der Waals surface area (Å²) in [5.41, 5.74) is 1.04. The van der Waals surface area contributed by atoms with Crippen LogP contribution in [0.2, 0.25) is 10.0 Å². The molecule has 0 aliphatic rings. The summed E-state index contributed by atoms with van der Waals surface area (Å²) in [4.78, 5) is 28.8. The van der Waals surface area contributed by atoms with Gasteiger partial charge in [-0.2, -0.15) is 0 Å². The topological polar surface area (TPSA) is 86.8 Å². The largest absolute Gasteiger partial charge is 0.354 e. The minimum Gasteiger partial charge on any atom is -0.354 e. The van der Waals surface area contributed by atoms with Gasteiger partial charge < -0.3 is 10.2 Å². The van der Waals surface area contributed by atoms with Gasteiger partial charge >= 0.3 is 0 Å². The lowest BCUT2D eigenvalue weighted by Crippen LogP contribution is -2.53. The highest BCUT2D eigenvalue weighted by Crippen LogP contribution is 2.26. The summed E-state index contributed by atoms with van der Waals surface area (Å²) in [6, 6.07) is 18.2. The van der Waals surface area contributed by atoms with Gasteiger partial charge in [0.05, 0.1) is 11.9 Å². The highest BCUT2D eigenvalue weighted by Gasteiger charge is 2.33. The number of hydrogen-bond acceptors (Lipinski definition) is 4. The van der Waals surface area contributed by atoms with E-state index in [0.717, 1.165) is 30.7 Å². The molecule has 3 rings (SSSR count). The molecule has 40 heavy (non-hydrogen) atoms. The van der Waals surface area contributed by atoms with E-state index in [1.807, 2.05) is 37.3 Å². The van der Waals surface area contributed by atoms with E-state index in [2.05, 4.69) is 5.32 Å². The average molecular weight is 609 g/mol. The number of unbranched alkanes of at least 4 members (excludes halogenated alkanes) is 1. The molecule has 0 aliphatic carbocycles. The second-order valence-corrected chi connectivity index (χ2v) is 12.1. The first-order valence-electron chi connectivity index (χ1n) is 12.8. The molecule has 0 fully saturated rings. The third-order valence-electron chi connectivity index (χ3n) is 6.26. The number of amides is 2. The minimum atomic E-state index is -4.08. The lowest BCUT2D eigenvalue weighted by Gasteiger charge is -2.33. The summed E-state index contributed by atoms with van der Waals surface area (Å²) in [6.45, 7) is 1.57. The predicted molar refractivity (Wildman–Crippen MR) is 157 cm³/mol. The molecule has 2 amide bonds. The fraction of sp³-hybridized carbons (Fsp3) is 0.310. The monoisotopic (exact) mass is 607 g/mol. The van der Waals surface area contributed by atoms with Crippen molar-refractivity contribution in [2.24, 2.45) is 0 Å². The van der Waals surface area contributed by atoms with Crippen LogP contribution in [0.5, 0.6) is 0 Å². The van der Waals surface area contributed by atoms with Crippen LogP contribution in [0.4, 0.5) is 10.1 Å². The normalized spacial score (nSPS) is 12.0. The van der Waals surface area contributed by atoms with Crippen molar-refractivity contribution in [1.82, 2.24) is 10.2 Å². The second-order valence-electron chi connectivity index (χ2n) is 9.33. The Hall–Kier alpha value is -3.14. The van der Waals surface area contributed by atoms with Gasteiger partial charge in [-0.15, -0.1) is 0 Å². The Balaban J connectivity index is 2.07. The first-order chi connectivity index (χ1) is 19.0.